The van der Waals surface area contributed by atoms with Gasteiger partial charge in [-0.15, -0.1) is 0 Å². The fourth-order valence-electron chi connectivity index (χ4n) is 3.55. The van der Waals surface area contributed by atoms with Gasteiger partial charge in [0.05, 0.1) is 11.2 Å². The Bertz CT molecular complexity index is 718. The average Bonchev–Trinajstić information content (AvgIpc) is 2.63. The summed E-state index contributed by atoms with van der Waals surface area (Å²) in [6, 6.07) is 15.0. The molecule has 25 heavy (non-hydrogen) atoms. The Morgan fingerprint density at radius 3 is 2.36 bits per heavy atom. The molecule has 4 nitrogen and oxygen atoms in total. The molecule has 2 aromatic rings. The molecular formula is C21H25NO3. The van der Waals surface area contributed by atoms with Crippen LogP contribution in [-0.4, -0.2) is 28.3 Å². The van der Waals surface area contributed by atoms with E-state index in [1.54, 1.807) is 12.1 Å². The van der Waals surface area contributed by atoms with Gasteiger partial charge in [0.15, 0.2) is 0 Å². The molecule has 0 amide bonds. The van der Waals surface area contributed by atoms with E-state index in [1.807, 2.05) is 36.4 Å². The van der Waals surface area contributed by atoms with Gasteiger partial charge >= 0.3 is 5.97 Å². The monoisotopic (exact) mass is 339 g/mol. The zero-order valence-corrected chi connectivity index (χ0v) is 14.4. The third-order valence-electron chi connectivity index (χ3n) is 4.99. The number of aromatic carboxylic acids is 1. The third kappa shape index (κ3) is 4.47. The van der Waals surface area contributed by atoms with E-state index >= 15 is 0 Å². The summed E-state index contributed by atoms with van der Waals surface area (Å²) in [6.45, 7) is 1.32. The van der Waals surface area contributed by atoms with E-state index in [0.29, 0.717) is 18.7 Å². The molecule has 132 valence electrons. The Hall–Kier alpha value is -2.17. The minimum atomic E-state index is -0.915. The van der Waals surface area contributed by atoms with Crippen LogP contribution < -0.4 is 5.32 Å². The van der Waals surface area contributed by atoms with E-state index in [1.165, 1.54) is 6.42 Å². The summed E-state index contributed by atoms with van der Waals surface area (Å²) < 4.78 is 0. The van der Waals surface area contributed by atoms with Gasteiger partial charge in [-0.3, -0.25) is 0 Å². The topological polar surface area (TPSA) is 69.6 Å². The smallest absolute Gasteiger partial charge is 0.336 e. The van der Waals surface area contributed by atoms with E-state index in [4.69, 9.17) is 0 Å². The van der Waals surface area contributed by atoms with Gasteiger partial charge in [-0.2, -0.15) is 0 Å². The predicted molar refractivity (Wildman–Crippen MR) is 98.6 cm³/mol. The molecule has 1 aliphatic rings. The van der Waals surface area contributed by atoms with E-state index in [2.05, 4.69) is 5.32 Å². The lowest BCUT2D eigenvalue weighted by Crippen LogP contribution is -2.41. The quantitative estimate of drug-likeness (QED) is 0.748. The van der Waals surface area contributed by atoms with Crippen LogP contribution in [0.3, 0.4) is 0 Å². The maximum atomic E-state index is 11.4. The Morgan fingerprint density at radius 1 is 1.00 bits per heavy atom. The van der Waals surface area contributed by atoms with Gasteiger partial charge in [-0.1, -0.05) is 61.7 Å². The number of carboxylic acids is 1. The van der Waals surface area contributed by atoms with Crippen LogP contribution in [-0.2, 0) is 6.54 Å². The molecule has 0 saturated heterocycles. The van der Waals surface area contributed by atoms with Gasteiger partial charge in [0, 0.05) is 13.1 Å². The molecule has 0 aliphatic heterocycles. The highest BCUT2D eigenvalue weighted by atomic mass is 16.4. The molecule has 0 aromatic heterocycles. The molecule has 1 fully saturated rings. The van der Waals surface area contributed by atoms with Crippen LogP contribution in [0, 0.1) is 0 Å². The highest BCUT2D eigenvalue weighted by molar-refractivity contribution is 5.95. The SMILES string of the molecule is O=C(O)c1ccccc1-c1ccc(CNCC2(O)CCCCC2)cc1. The van der Waals surface area contributed by atoms with Gasteiger partial charge in [-0.05, 0) is 35.6 Å². The Morgan fingerprint density at radius 2 is 1.68 bits per heavy atom. The van der Waals surface area contributed by atoms with Gasteiger partial charge in [0.25, 0.3) is 0 Å². The van der Waals surface area contributed by atoms with Crippen LogP contribution in [0.15, 0.2) is 48.5 Å². The lowest BCUT2D eigenvalue weighted by Gasteiger charge is -2.32. The maximum Gasteiger partial charge on any atom is 0.336 e. The molecule has 1 aliphatic carbocycles. The summed E-state index contributed by atoms with van der Waals surface area (Å²) in [4.78, 5) is 11.4. The first-order chi connectivity index (χ1) is 12.1. The van der Waals surface area contributed by atoms with Crippen molar-refractivity contribution in [3.63, 3.8) is 0 Å². The van der Waals surface area contributed by atoms with Crippen LogP contribution in [0.25, 0.3) is 11.1 Å². The predicted octanol–water partition coefficient (Wildman–Crippen LogP) is 3.84. The van der Waals surface area contributed by atoms with E-state index in [-0.39, 0.29) is 0 Å². The van der Waals surface area contributed by atoms with Crippen molar-refractivity contribution in [1.82, 2.24) is 5.32 Å². The first-order valence-electron chi connectivity index (χ1n) is 8.92. The number of hydrogen-bond acceptors (Lipinski definition) is 3. The Labute approximate surface area is 148 Å². The van der Waals surface area contributed by atoms with Crippen molar-refractivity contribution in [2.45, 2.75) is 44.2 Å². The maximum absolute atomic E-state index is 11.4. The Balaban J connectivity index is 1.62. The number of aliphatic hydroxyl groups is 1. The minimum Gasteiger partial charge on any atom is -0.478 e. The fraction of sp³-hybridized carbons (Fsp3) is 0.381. The van der Waals surface area contributed by atoms with Crippen molar-refractivity contribution in [1.29, 1.82) is 0 Å². The molecule has 0 spiro atoms. The van der Waals surface area contributed by atoms with Crippen molar-refractivity contribution in [2.24, 2.45) is 0 Å². The van der Waals surface area contributed by atoms with Crippen molar-refractivity contribution >= 4 is 5.97 Å². The third-order valence-corrected chi connectivity index (χ3v) is 4.99. The lowest BCUT2D eigenvalue weighted by molar-refractivity contribution is 0.00467. The number of rotatable bonds is 6. The molecule has 3 N–H and O–H groups in total. The highest BCUT2D eigenvalue weighted by Crippen LogP contribution is 2.27. The van der Waals surface area contributed by atoms with E-state index in [9.17, 15) is 15.0 Å². The van der Waals surface area contributed by atoms with Crippen LogP contribution in [0.4, 0.5) is 0 Å². The average molecular weight is 339 g/mol. The van der Waals surface area contributed by atoms with Crippen LogP contribution in [0.1, 0.15) is 48.0 Å². The molecule has 2 aromatic carbocycles. The first-order valence-corrected chi connectivity index (χ1v) is 8.92. The molecule has 4 heteroatoms. The molecule has 1 saturated carbocycles. The molecule has 0 atom stereocenters. The van der Waals surface area contributed by atoms with Crippen molar-refractivity contribution < 1.29 is 15.0 Å². The van der Waals surface area contributed by atoms with Crippen LogP contribution in [0.5, 0.6) is 0 Å². The Kier molecular flexibility index (Phi) is 5.51. The summed E-state index contributed by atoms with van der Waals surface area (Å²) in [6.07, 6.45) is 5.20. The minimum absolute atomic E-state index is 0.313. The molecule has 0 heterocycles. The highest BCUT2D eigenvalue weighted by Gasteiger charge is 2.28. The number of hydrogen-bond donors (Lipinski definition) is 3. The summed E-state index contributed by atoms with van der Waals surface area (Å²) in [5.41, 5.74) is 2.50. The van der Waals surface area contributed by atoms with Gasteiger partial charge in [0.1, 0.15) is 0 Å². The lowest BCUT2D eigenvalue weighted by atomic mass is 9.85. The number of nitrogens with one attached hydrogen (secondary N) is 1. The largest absolute Gasteiger partial charge is 0.478 e. The number of benzene rings is 2. The molecule has 0 radical (unpaired) electrons. The standard InChI is InChI=1S/C21H25NO3/c23-20(24)19-7-3-2-6-18(19)17-10-8-16(9-11-17)14-22-15-21(25)12-4-1-5-13-21/h2-3,6-11,22,25H,1,4-5,12-15H2,(H,23,24). The van der Waals surface area contributed by atoms with Gasteiger partial charge in [-0.25, -0.2) is 4.79 Å². The second kappa shape index (κ2) is 7.81. The number of carboxylic acid groups (broad SMARTS) is 1. The van der Waals surface area contributed by atoms with Crippen molar-refractivity contribution in [3.8, 4) is 11.1 Å². The van der Waals surface area contributed by atoms with Gasteiger partial charge < -0.3 is 15.5 Å². The van der Waals surface area contributed by atoms with Gasteiger partial charge in [0.2, 0.25) is 0 Å². The first kappa shape index (κ1) is 17.6. The molecule has 3 rings (SSSR count). The number of carbonyl (C=O) groups is 1. The van der Waals surface area contributed by atoms with Crippen LogP contribution in [0.2, 0.25) is 0 Å². The summed E-state index contributed by atoms with van der Waals surface area (Å²) >= 11 is 0. The normalized spacial score (nSPS) is 16.5. The van der Waals surface area contributed by atoms with E-state index in [0.717, 1.165) is 42.4 Å². The zero-order valence-electron chi connectivity index (χ0n) is 14.4. The zero-order chi connectivity index (χ0) is 17.7. The molecule has 0 bridgehead atoms. The second-order valence-corrected chi connectivity index (χ2v) is 6.94. The molecule has 0 unspecified atom stereocenters. The molecular weight excluding hydrogens is 314 g/mol. The fourth-order valence-corrected chi connectivity index (χ4v) is 3.55. The van der Waals surface area contributed by atoms with E-state index < -0.39 is 11.6 Å². The second-order valence-electron chi connectivity index (χ2n) is 6.94. The summed E-state index contributed by atoms with van der Waals surface area (Å²) in [5.74, 6) is -0.915. The summed E-state index contributed by atoms with van der Waals surface area (Å²) in [5, 5.41) is 23.2. The van der Waals surface area contributed by atoms with Crippen molar-refractivity contribution in [2.75, 3.05) is 6.54 Å². The van der Waals surface area contributed by atoms with Crippen LogP contribution >= 0.6 is 0 Å². The summed E-state index contributed by atoms with van der Waals surface area (Å²) in [7, 11) is 0. The van der Waals surface area contributed by atoms with Crippen molar-refractivity contribution in [3.05, 3.63) is 59.7 Å².